The Morgan fingerprint density at radius 1 is 1.14 bits per heavy atom. The Kier molecular flexibility index (Phi) is 4.55. The summed E-state index contributed by atoms with van der Waals surface area (Å²) in [6.45, 7) is 4.04. The predicted octanol–water partition coefficient (Wildman–Crippen LogP) is 2.78. The molecular weight excluding hydrogens is 374 g/mol. The lowest BCUT2D eigenvalue weighted by Crippen LogP contribution is -2.10. The average molecular weight is 391 g/mol. The Bertz CT molecular complexity index is 1290. The predicted molar refractivity (Wildman–Crippen MR) is 106 cm³/mol. The van der Waals surface area contributed by atoms with Crippen molar-refractivity contribution in [2.24, 2.45) is 0 Å². The number of carboxylic acid groups (broad SMARTS) is 1. The van der Waals surface area contributed by atoms with Crippen LogP contribution < -0.4 is 10.3 Å². The lowest BCUT2D eigenvalue weighted by molar-refractivity contribution is 0.0696. The number of aryl methyl sites for hydroxylation is 1. The number of nitrogens with one attached hydrogen (secondary N) is 2. The van der Waals surface area contributed by atoms with Crippen molar-refractivity contribution < 1.29 is 14.6 Å². The van der Waals surface area contributed by atoms with E-state index in [1.54, 1.807) is 25.1 Å². The van der Waals surface area contributed by atoms with Gasteiger partial charge in [-0.15, -0.1) is 10.2 Å². The molecule has 0 radical (unpaired) electrons. The van der Waals surface area contributed by atoms with Crippen LogP contribution in [-0.2, 0) is 0 Å². The Morgan fingerprint density at radius 2 is 1.90 bits per heavy atom. The molecule has 0 atom stereocenters. The second-order valence-electron chi connectivity index (χ2n) is 6.39. The highest BCUT2D eigenvalue weighted by atomic mass is 16.5. The largest absolute Gasteiger partial charge is 0.493 e. The second-order valence-corrected chi connectivity index (χ2v) is 6.39. The Morgan fingerprint density at radius 3 is 2.62 bits per heavy atom. The van der Waals surface area contributed by atoms with Crippen LogP contribution >= 0.6 is 0 Å². The minimum atomic E-state index is -0.960. The van der Waals surface area contributed by atoms with E-state index >= 15 is 0 Å². The molecule has 0 aliphatic heterocycles. The fraction of sp³-hybridized carbons (Fsp3) is 0.150. The van der Waals surface area contributed by atoms with Crippen molar-refractivity contribution >= 4 is 17.1 Å². The number of aromatic nitrogens is 5. The molecule has 0 amide bonds. The summed E-state index contributed by atoms with van der Waals surface area (Å²) in [6.07, 6.45) is 0. The molecule has 0 fully saturated rings. The molecule has 0 bridgehead atoms. The Balaban J connectivity index is 1.82. The molecule has 2 heterocycles. The van der Waals surface area contributed by atoms with E-state index in [-0.39, 0.29) is 16.7 Å². The van der Waals surface area contributed by atoms with Gasteiger partial charge in [0.05, 0.1) is 17.7 Å². The molecular formula is C20H17N5O4. The molecule has 0 unspecified atom stereocenters. The number of H-pyrrole nitrogens is 2. The summed E-state index contributed by atoms with van der Waals surface area (Å²) in [5, 5.41) is 19.3. The van der Waals surface area contributed by atoms with Crippen LogP contribution in [-0.4, -0.2) is 43.1 Å². The molecule has 3 N–H and O–H groups in total. The Labute approximate surface area is 164 Å². The van der Waals surface area contributed by atoms with E-state index in [4.69, 9.17) is 4.74 Å². The van der Waals surface area contributed by atoms with Gasteiger partial charge in [0.15, 0.2) is 5.52 Å². The molecule has 0 saturated carbocycles. The van der Waals surface area contributed by atoms with Crippen molar-refractivity contribution in [3.05, 3.63) is 57.9 Å². The SMILES string of the molecule is CCOc1cc(-c2ccc(C(=O)O)c(C)c2)ccc1-c1nc2n[nH]nc2c(=O)[nH]1. The number of rotatable bonds is 5. The van der Waals surface area contributed by atoms with Gasteiger partial charge in [-0.1, -0.05) is 18.2 Å². The standard InChI is InChI=1S/C20H17N5O4/c1-3-29-15-9-12(11-4-6-13(20(27)28)10(2)8-11)5-7-14(15)17-21-18-16(19(26)22-17)23-25-24-18/h4-9H,3H2,1-2H3,(H,27,28)(H2,21,22,23,24,25,26). The molecule has 0 saturated heterocycles. The van der Waals surface area contributed by atoms with Crippen molar-refractivity contribution in [3.8, 4) is 28.3 Å². The van der Waals surface area contributed by atoms with Crippen molar-refractivity contribution in [1.29, 1.82) is 0 Å². The van der Waals surface area contributed by atoms with Gasteiger partial charge in [0.2, 0.25) is 5.65 Å². The first-order valence-corrected chi connectivity index (χ1v) is 8.90. The summed E-state index contributed by atoms with van der Waals surface area (Å²) in [5.41, 5.74) is 3.20. The summed E-state index contributed by atoms with van der Waals surface area (Å²) in [5.74, 6) is -0.0996. The molecule has 4 rings (SSSR count). The molecule has 29 heavy (non-hydrogen) atoms. The number of carboxylic acids is 1. The van der Waals surface area contributed by atoms with Gasteiger partial charge in [-0.3, -0.25) is 4.79 Å². The van der Waals surface area contributed by atoms with Crippen LogP contribution in [0, 0.1) is 6.92 Å². The van der Waals surface area contributed by atoms with E-state index < -0.39 is 11.5 Å². The number of hydrogen-bond donors (Lipinski definition) is 3. The van der Waals surface area contributed by atoms with Gasteiger partial charge in [-0.05, 0) is 48.7 Å². The number of carbonyl (C=O) groups is 1. The maximum atomic E-state index is 12.2. The molecule has 4 aromatic rings. The zero-order chi connectivity index (χ0) is 20.5. The summed E-state index contributed by atoms with van der Waals surface area (Å²) in [6, 6.07) is 10.6. The molecule has 9 nitrogen and oxygen atoms in total. The summed E-state index contributed by atoms with van der Waals surface area (Å²) in [4.78, 5) is 30.5. The minimum Gasteiger partial charge on any atom is -0.493 e. The average Bonchev–Trinajstić information content (AvgIpc) is 3.17. The molecule has 146 valence electrons. The van der Waals surface area contributed by atoms with Crippen molar-refractivity contribution in [1.82, 2.24) is 25.4 Å². The van der Waals surface area contributed by atoms with Gasteiger partial charge < -0.3 is 14.8 Å². The van der Waals surface area contributed by atoms with E-state index in [1.165, 1.54) is 0 Å². The fourth-order valence-electron chi connectivity index (χ4n) is 3.14. The van der Waals surface area contributed by atoms with Crippen LogP contribution in [0.5, 0.6) is 5.75 Å². The first-order valence-electron chi connectivity index (χ1n) is 8.90. The highest BCUT2D eigenvalue weighted by molar-refractivity contribution is 5.90. The number of benzene rings is 2. The van der Waals surface area contributed by atoms with Crippen molar-refractivity contribution in [2.45, 2.75) is 13.8 Å². The van der Waals surface area contributed by atoms with Gasteiger partial charge >= 0.3 is 5.97 Å². The number of aromatic carboxylic acids is 1. The normalized spacial score (nSPS) is 11.0. The van der Waals surface area contributed by atoms with Gasteiger partial charge in [0, 0.05) is 0 Å². The van der Waals surface area contributed by atoms with Gasteiger partial charge in [-0.2, -0.15) is 5.21 Å². The number of hydrogen-bond acceptors (Lipinski definition) is 6. The van der Waals surface area contributed by atoms with Crippen LogP contribution in [0.3, 0.4) is 0 Å². The molecule has 0 aliphatic rings. The first-order chi connectivity index (χ1) is 14.0. The van der Waals surface area contributed by atoms with E-state index in [0.717, 1.165) is 11.1 Å². The molecule has 0 aliphatic carbocycles. The van der Waals surface area contributed by atoms with Crippen molar-refractivity contribution in [3.63, 3.8) is 0 Å². The lowest BCUT2D eigenvalue weighted by atomic mass is 9.98. The van der Waals surface area contributed by atoms with Gasteiger partial charge in [-0.25, -0.2) is 9.78 Å². The molecule has 9 heteroatoms. The van der Waals surface area contributed by atoms with Crippen LogP contribution in [0.2, 0.25) is 0 Å². The molecule has 2 aromatic carbocycles. The quantitative estimate of drug-likeness (QED) is 0.476. The monoisotopic (exact) mass is 391 g/mol. The summed E-state index contributed by atoms with van der Waals surface area (Å²) < 4.78 is 5.78. The fourth-order valence-corrected chi connectivity index (χ4v) is 3.14. The second kappa shape index (κ2) is 7.19. The first kappa shape index (κ1) is 18.4. The number of ether oxygens (including phenoxy) is 1. The smallest absolute Gasteiger partial charge is 0.335 e. The van der Waals surface area contributed by atoms with Crippen LogP contribution in [0.15, 0.2) is 41.2 Å². The van der Waals surface area contributed by atoms with Crippen LogP contribution in [0.4, 0.5) is 0 Å². The Hall–Kier alpha value is -4.01. The topological polar surface area (TPSA) is 134 Å². The highest BCUT2D eigenvalue weighted by Crippen LogP contribution is 2.33. The zero-order valence-corrected chi connectivity index (χ0v) is 15.7. The number of fused-ring (bicyclic) bond motifs is 1. The zero-order valence-electron chi connectivity index (χ0n) is 15.7. The maximum Gasteiger partial charge on any atom is 0.335 e. The molecule has 2 aromatic heterocycles. The minimum absolute atomic E-state index is 0.136. The maximum absolute atomic E-state index is 12.2. The van der Waals surface area contributed by atoms with Gasteiger partial charge in [0.25, 0.3) is 5.56 Å². The van der Waals surface area contributed by atoms with E-state index in [1.807, 2.05) is 25.1 Å². The van der Waals surface area contributed by atoms with Crippen molar-refractivity contribution in [2.75, 3.05) is 6.61 Å². The van der Waals surface area contributed by atoms with E-state index in [0.29, 0.717) is 29.3 Å². The third kappa shape index (κ3) is 3.33. The van der Waals surface area contributed by atoms with E-state index in [2.05, 4.69) is 25.4 Å². The van der Waals surface area contributed by atoms with Crippen LogP contribution in [0.1, 0.15) is 22.8 Å². The van der Waals surface area contributed by atoms with Crippen LogP contribution in [0.25, 0.3) is 33.7 Å². The molecule has 0 spiro atoms. The third-order valence-electron chi connectivity index (χ3n) is 4.52. The number of aromatic amines is 2. The van der Waals surface area contributed by atoms with E-state index in [9.17, 15) is 14.7 Å². The third-order valence-corrected chi connectivity index (χ3v) is 4.52. The number of nitrogens with zero attached hydrogens (tertiary/aromatic N) is 3. The summed E-state index contributed by atoms with van der Waals surface area (Å²) in [7, 11) is 0. The summed E-state index contributed by atoms with van der Waals surface area (Å²) >= 11 is 0. The lowest BCUT2D eigenvalue weighted by Gasteiger charge is -2.13. The highest BCUT2D eigenvalue weighted by Gasteiger charge is 2.15. The van der Waals surface area contributed by atoms with Gasteiger partial charge in [0.1, 0.15) is 11.6 Å².